The number of aliphatic hydroxyl groups excluding tert-OH is 1. The van der Waals surface area contributed by atoms with Gasteiger partial charge in [-0.15, -0.1) is 9.90 Å². The number of aromatic nitrogens is 5. The quantitative estimate of drug-likeness (QED) is 0.523. The van der Waals surface area contributed by atoms with Crippen molar-refractivity contribution in [2.75, 3.05) is 19.7 Å². The van der Waals surface area contributed by atoms with Crippen molar-refractivity contribution in [2.45, 2.75) is 39.1 Å². The highest BCUT2D eigenvalue weighted by atomic mass is 16.5. The van der Waals surface area contributed by atoms with E-state index in [1.54, 1.807) is 13.1 Å². The molecule has 11 nitrogen and oxygen atoms in total. The second kappa shape index (κ2) is 8.90. The first-order chi connectivity index (χ1) is 16.5. The summed E-state index contributed by atoms with van der Waals surface area (Å²) in [5, 5.41) is 31.3. The van der Waals surface area contributed by atoms with E-state index in [0.717, 1.165) is 22.4 Å². The first-order valence-electron chi connectivity index (χ1n) is 11.0. The van der Waals surface area contributed by atoms with Crippen molar-refractivity contribution in [3.05, 3.63) is 63.7 Å². The number of carbonyl (C=O) groups excluding carboxylic acids is 1. The zero-order chi connectivity index (χ0) is 23.8. The average Bonchev–Trinajstić information content (AvgIpc) is 3.46. The number of cyclic esters (lactones) is 1. The molecule has 1 unspecified atom stereocenters. The maximum Gasteiger partial charge on any atom is 0.338 e. The third-order valence-electron chi connectivity index (χ3n) is 6.35. The molecule has 0 bridgehead atoms. The van der Waals surface area contributed by atoms with E-state index in [4.69, 9.17) is 10.00 Å². The van der Waals surface area contributed by atoms with Crippen molar-refractivity contribution in [1.82, 2.24) is 35.2 Å². The lowest BCUT2D eigenvalue weighted by Gasteiger charge is -2.39. The Bertz CT molecular complexity index is 1300. The van der Waals surface area contributed by atoms with E-state index in [1.807, 2.05) is 25.1 Å². The number of aliphatic hydroxyl groups is 1. The summed E-state index contributed by atoms with van der Waals surface area (Å²) in [7, 11) is 0. The molecule has 1 saturated heterocycles. The maximum absolute atomic E-state index is 11.9. The van der Waals surface area contributed by atoms with Crippen LogP contribution in [0.3, 0.4) is 0 Å². The largest absolute Gasteiger partial charge is 0.457 e. The molecule has 2 atom stereocenters. The molecule has 1 fully saturated rings. The topological polar surface area (TPSA) is 142 Å². The number of nitrogens with zero attached hydrogens (tertiary/aromatic N) is 7. The molecule has 5 rings (SSSR count). The van der Waals surface area contributed by atoms with E-state index >= 15 is 0 Å². The Kier molecular flexibility index (Phi) is 5.79. The molecule has 34 heavy (non-hydrogen) atoms. The van der Waals surface area contributed by atoms with Crippen molar-refractivity contribution < 1.29 is 14.6 Å². The average molecular weight is 460 g/mol. The first-order valence-corrected chi connectivity index (χ1v) is 11.0. The molecule has 0 aliphatic carbocycles. The normalized spacial score (nSPS) is 20.1. The van der Waals surface area contributed by atoms with Crippen LogP contribution in [-0.2, 0) is 17.9 Å². The lowest BCUT2D eigenvalue weighted by molar-refractivity contribution is 0.0535. The number of ether oxygens (including phenoxy) is 1. The molecule has 11 heteroatoms. The van der Waals surface area contributed by atoms with E-state index in [9.17, 15) is 9.90 Å². The third kappa shape index (κ3) is 4.03. The Balaban J connectivity index is 1.35. The van der Waals surface area contributed by atoms with Gasteiger partial charge < -0.3 is 15.2 Å². The minimum absolute atomic E-state index is 0.00361. The van der Waals surface area contributed by atoms with Crippen LogP contribution in [0.4, 0.5) is 0 Å². The van der Waals surface area contributed by atoms with Gasteiger partial charge in [-0.25, -0.2) is 14.8 Å². The van der Waals surface area contributed by atoms with Gasteiger partial charge in [0.05, 0.1) is 41.5 Å². The van der Waals surface area contributed by atoms with Crippen LogP contribution >= 0.6 is 0 Å². The van der Waals surface area contributed by atoms with Crippen LogP contribution < -0.4 is 5.32 Å². The number of esters is 1. The molecule has 3 aromatic rings. The van der Waals surface area contributed by atoms with E-state index < -0.39 is 0 Å². The summed E-state index contributed by atoms with van der Waals surface area (Å²) in [5.74, 6) is 0.0281. The molecule has 2 N–H and O–H groups in total. The summed E-state index contributed by atoms with van der Waals surface area (Å²) in [6.07, 6.45) is 3.14. The van der Waals surface area contributed by atoms with Crippen molar-refractivity contribution in [3.8, 4) is 12.0 Å². The van der Waals surface area contributed by atoms with Gasteiger partial charge in [0, 0.05) is 37.3 Å². The number of rotatable bonds is 5. The van der Waals surface area contributed by atoms with E-state index in [1.165, 1.54) is 11.0 Å². The molecule has 2 aliphatic rings. The fourth-order valence-corrected chi connectivity index (χ4v) is 4.56. The molecule has 1 aromatic carbocycles. The highest BCUT2D eigenvalue weighted by molar-refractivity contribution is 5.94. The molecular formula is C23H24N8O3. The molecule has 0 radical (unpaired) electrons. The smallest absolute Gasteiger partial charge is 0.338 e. The van der Waals surface area contributed by atoms with Gasteiger partial charge in [-0.2, -0.15) is 10.4 Å². The monoisotopic (exact) mass is 460 g/mol. The fraction of sp³-hybridized carbons (Fsp3) is 0.391. The lowest BCUT2D eigenvalue weighted by Crippen LogP contribution is -2.53. The predicted molar refractivity (Wildman–Crippen MR) is 119 cm³/mol. The Labute approximate surface area is 196 Å². The minimum Gasteiger partial charge on any atom is -0.457 e. The number of nitrogens with one attached hydrogen (secondary N) is 1. The van der Waals surface area contributed by atoms with Gasteiger partial charge in [0.25, 0.3) is 5.95 Å². The highest BCUT2D eigenvalue weighted by Crippen LogP contribution is 2.31. The SMILES string of the molecule is Cc1nc(-n2ncc(CN3CC(c4ccc5c(c4C)COC5=O)N[C@@H](CO)C3)n2)ncc1C#N. The minimum atomic E-state index is -0.277. The van der Waals surface area contributed by atoms with Gasteiger partial charge in [0.2, 0.25) is 0 Å². The second-order valence-electron chi connectivity index (χ2n) is 8.58. The van der Waals surface area contributed by atoms with Gasteiger partial charge in [-0.1, -0.05) is 6.07 Å². The van der Waals surface area contributed by atoms with Crippen LogP contribution in [0.25, 0.3) is 5.95 Å². The molecule has 0 saturated carbocycles. The number of hydrogen-bond acceptors (Lipinski definition) is 10. The molecule has 4 heterocycles. The Morgan fingerprint density at radius 1 is 1.29 bits per heavy atom. The van der Waals surface area contributed by atoms with Crippen LogP contribution in [0.5, 0.6) is 0 Å². The summed E-state index contributed by atoms with van der Waals surface area (Å²) in [6.45, 7) is 5.94. The summed E-state index contributed by atoms with van der Waals surface area (Å²) in [5.41, 5.74) is 5.42. The van der Waals surface area contributed by atoms with E-state index in [2.05, 4.69) is 30.4 Å². The third-order valence-corrected chi connectivity index (χ3v) is 6.35. The van der Waals surface area contributed by atoms with Gasteiger partial charge >= 0.3 is 5.97 Å². The molecule has 0 spiro atoms. The van der Waals surface area contributed by atoms with Gasteiger partial charge in [0.1, 0.15) is 12.7 Å². The molecule has 2 aromatic heterocycles. The zero-order valence-corrected chi connectivity index (χ0v) is 18.9. The molecular weight excluding hydrogens is 436 g/mol. The van der Waals surface area contributed by atoms with Crippen molar-refractivity contribution in [2.24, 2.45) is 0 Å². The molecule has 174 valence electrons. The lowest BCUT2D eigenvalue weighted by atomic mass is 9.92. The summed E-state index contributed by atoms with van der Waals surface area (Å²) >= 11 is 0. The maximum atomic E-state index is 11.9. The number of fused-ring (bicyclic) bond motifs is 1. The Hall–Kier alpha value is -3.72. The predicted octanol–water partition coefficient (Wildman–Crippen LogP) is 0.724. The first kappa shape index (κ1) is 22.1. The van der Waals surface area contributed by atoms with Crippen LogP contribution in [0.15, 0.2) is 24.5 Å². The van der Waals surface area contributed by atoms with Gasteiger partial charge in [0.15, 0.2) is 0 Å². The standard InChI is InChI=1S/C23H24N8O3/c1-13-18(3-4-19-20(13)12-34-22(19)33)21-10-30(9-17(11-32)28-21)8-16-7-26-31(29-16)23-25-6-15(5-24)14(2)27-23/h3-4,6-7,17,21,28,32H,8-12H2,1-2H3/t17-,21?/m1/s1. The van der Waals surface area contributed by atoms with Gasteiger partial charge in [-0.05, 0) is 31.0 Å². The zero-order valence-electron chi connectivity index (χ0n) is 18.9. The van der Waals surface area contributed by atoms with Gasteiger partial charge in [-0.3, -0.25) is 4.90 Å². The van der Waals surface area contributed by atoms with Crippen LogP contribution in [-0.4, -0.2) is 66.7 Å². The molecule has 0 amide bonds. The number of nitriles is 1. The van der Waals surface area contributed by atoms with Crippen LogP contribution in [0.2, 0.25) is 0 Å². The summed E-state index contributed by atoms with van der Waals surface area (Å²) < 4.78 is 5.19. The highest BCUT2D eigenvalue weighted by Gasteiger charge is 2.31. The number of piperazine rings is 1. The van der Waals surface area contributed by atoms with Crippen molar-refractivity contribution in [1.29, 1.82) is 5.26 Å². The number of hydrogen-bond donors (Lipinski definition) is 2. The van der Waals surface area contributed by atoms with E-state index in [-0.39, 0.29) is 24.7 Å². The van der Waals surface area contributed by atoms with Crippen LogP contribution in [0.1, 0.15) is 50.0 Å². The Morgan fingerprint density at radius 3 is 2.91 bits per heavy atom. The number of benzene rings is 1. The summed E-state index contributed by atoms with van der Waals surface area (Å²) in [6, 6.07) is 5.71. The van der Waals surface area contributed by atoms with Crippen molar-refractivity contribution >= 4 is 5.97 Å². The summed E-state index contributed by atoms with van der Waals surface area (Å²) in [4.78, 5) is 24.0. The fourth-order valence-electron chi connectivity index (χ4n) is 4.56. The van der Waals surface area contributed by atoms with Crippen LogP contribution in [0, 0.1) is 25.2 Å². The van der Waals surface area contributed by atoms with E-state index in [0.29, 0.717) is 49.0 Å². The Morgan fingerprint density at radius 2 is 2.15 bits per heavy atom. The molecule has 2 aliphatic heterocycles. The number of carbonyl (C=O) groups is 1. The second-order valence-corrected chi connectivity index (χ2v) is 8.58. The number of aryl methyl sites for hydroxylation is 1. The van der Waals surface area contributed by atoms with Crippen molar-refractivity contribution in [3.63, 3.8) is 0 Å².